The number of rotatable bonds is 3. The lowest BCUT2D eigenvalue weighted by atomic mass is 10.0. The first-order chi connectivity index (χ1) is 7.06. The van der Waals surface area contributed by atoms with Gasteiger partial charge in [-0.25, -0.2) is 10.4 Å². The molecule has 0 fully saturated rings. The summed E-state index contributed by atoms with van der Waals surface area (Å²) in [6.45, 7) is 3.46. The first-order valence-corrected chi connectivity index (χ1v) is 4.28. The van der Waals surface area contributed by atoms with E-state index in [4.69, 9.17) is 16.4 Å². The third-order valence-corrected chi connectivity index (χ3v) is 2.12. The zero-order valence-electron chi connectivity index (χ0n) is 8.90. The van der Waals surface area contributed by atoms with E-state index >= 15 is 0 Å². The molecule has 6 N–H and O–H groups in total. The lowest BCUT2D eigenvalue weighted by Crippen LogP contribution is -2.59. The SMILES string of the molecule is CON[C@]1(C(C)=NN)N=C(N)NN=C1C. The Morgan fingerprint density at radius 3 is 2.87 bits per heavy atom. The third kappa shape index (κ3) is 1.90. The summed E-state index contributed by atoms with van der Waals surface area (Å²) in [5.41, 5.74) is 10.8. The van der Waals surface area contributed by atoms with Crippen molar-refractivity contribution in [2.75, 3.05) is 7.11 Å². The van der Waals surface area contributed by atoms with E-state index in [9.17, 15) is 0 Å². The molecule has 0 saturated heterocycles. The van der Waals surface area contributed by atoms with Crippen molar-refractivity contribution in [3.8, 4) is 0 Å². The smallest absolute Gasteiger partial charge is 0.216 e. The average Bonchev–Trinajstić information content (AvgIpc) is 2.22. The van der Waals surface area contributed by atoms with E-state index in [2.05, 4.69) is 26.1 Å². The van der Waals surface area contributed by atoms with Crippen LogP contribution in [0.15, 0.2) is 15.2 Å². The molecule has 0 amide bonds. The van der Waals surface area contributed by atoms with E-state index in [0.29, 0.717) is 11.4 Å². The number of guanidine groups is 1. The summed E-state index contributed by atoms with van der Waals surface area (Å²) in [7, 11) is 1.46. The van der Waals surface area contributed by atoms with Gasteiger partial charge in [0.25, 0.3) is 0 Å². The van der Waals surface area contributed by atoms with Crippen molar-refractivity contribution >= 4 is 17.4 Å². The maximum absolute atomic E-state index is 5.54. The molecule has 0 spiro atoms. The van der Waals surface area contributed by atoms with Crippen molar-refractivity contribution in [1.82, 2.24) is 10.9 Å². The average molecular weight is 213 g/mol. The lowest BCUT2D eigenvalue weighted by molar-refractivity contribution is 0.0634. The molecule has 1 aliphatic rings. The van der Waals surface area contributed by atoms with Gasteiger partial charge in [0.05, 0.1) is 18.5 Å². The zero-order chi connectivity index (χ0) is 11.5. The Morgan fingerprint density at radius 1 is 1.67 bits per heavy atom. The summed E-state index contributed by atoms with van der Waals surface area (Å²) in [4.78, 5) is 9.03. The third-order valence-electron chi connectivity index (χ3n) is 2.12. The van der Waals surface area contributed by atoms with E-state index < -0.39 is 5.66 Å². The van der Waals surface area contributed by atoms with Crippen molar-refractivity contribution < 1.29 is 4.84 Å². The van der Waals surface area contributed by atoms with Crippen LogP contribution < -0.4 is 22.5 Å². The van der Waals surface area contributed by atoms with Gasteiger partial charge in [-0.15, -0.1) is 0 Å². The summed E-state index contributed by atoms with van der Waals surface area (Å²) >= 11 is 0. The molecule has 1 heterocycles. The molecule has 15 heavy (non-hydrogen) atoms. The number of hydroxylamine groups is 1. The van der Waals surface area contributed by atoms with Crippen molar-refractivity contribution in [1.29, 1.82) is 0 Å². The van der Waals surface area contributed by atoms with E-state index in [1.165, 1.54) is 7.11 Å². The molecule has 0 saturated carbocycles. The Balaban J connectivity index is 3.19. The van der Waals surface area contributed by atoms with Crippen LogP contribution >= 0.6 is 0 Å². The van der Waals surface area contributed by atoms with E-state index in [1.807, 2.05) is 0 Å². The van der Waals surface area contributed by atoms with Crippen LogP contribution in [0.2, 0.25) is 0 Å². The fourth-order valence-electron chi connectivity index (χ4n) is 1.26. The standard InChI is InChI=1S/C7H15N7O/c1-4(11-9)7(14-15-3)5(2)12-13-6(8)10-7/h14H,9H2,1-3H3,(H3,8,10,13)/t7-/m0/s1. The van der Waals surface area contributed by atoms with Gasteiger partial charge in [-0.1, -0.05) is 0 Å². The Kier molecular flexibility index (Phi) is 3.22. The van der Waals surface area contributed by atoms with Gasteiger partial charge in [0.1, 0.15) is 0 Å². The van der Waals surface area contributed by atoms with Crippen LogP contribution in [0.1, 0.15) is 13.8 Å². The molecule has 8 heteroatoms. The fraction of sp³-hybridized carbons (Fsp3) is 0.571. The number of nitrogens with two attached hydrogens (primary N) is 2. The molecule has 1 rings (SSSR count). The van der Waals surface area contributed by atoms with Crippen molar-refractivity contribution in [2.24, 2.45) is 26.8 Å². The largest absolute Gasteiger partial charge is 0.368 e. The van der Waals surface area contributed by atoms with Crippen LogP contribution in [0, 0.1) is 0 Å². The fourth-order valence-corrected chi connectivity index (χ4v) is 1.26. The maximum atomic E-state index is 5.54. The van der Waals surface area contributed by atoms with Gasteiger partial charge in [-0.05, 0) is 13.8 Å². The monoisotopic (exact) mass is 213 g/mol. The quantitative estimate of drug-likeness (QED) is 0.257. The van der Waals surface area contributed by atoms with Gasteiger partial charge in [0.15, 0.2) is 0 Å². The highest BCUT2D eigenvalue weighted by molar-refractivity contribution is 6.16. The van der Waals surface area contributed by atoms with Gasteiger partial charge in [0, 0.05) is 0 Å². The predicted molar refractivity (Wildman–Crippen MR) is 58.0 cm³/mol. The normalized spacial score (nSPS) is 26.7. The zero-order valence-corrected chi connectivity index (χ0v) is 8.90. The highest BCUT2D eigenvalue weighted by Crippen LogP contribution is 2.15. The summed E-state index contributed by atoms with van der Waals surface area (Å²) in [5, 5.41) is 7.57. The second-order valence-corrected chi connectivity index (χ2v) is 3.04. The molecule has 0 bridgehead atoms. The van der Waals surface area contributed by atoms with Crippen LogP contribution in [0.25, 0.3) is 0 Å². The van der Waals surface area contributed by atoms with Crippen LogP contribution in [-0.4, -0.2) is 30.2 Å². The minimum Gasteiger partial charge on any atom is -0.368 e. The van der Waals surface area contributed by atoms with Crippen molar-refractivity contribution in [3.05, 3.63) is 0 Å². The molecule has 1 aliphatic heterocycles. The number of nitrogens with zero attached hydrogens (tertiary/aromatic N) is 3. The topological polar surface area (TPSA) is 122 Å². The van der Waals surface area contributed by atoms with Crippen LogP contribution in [0.3, 0.4) is 0 Å². The summed E-state index contributed by atoms with van der Waals surface area (Å²) < 4.78 is 0. The first kappa shape index (κ1) is 11.4. The summed E-state index contributed by atoms with van der Waals surface area (Å²) in [5.74, 6) is 5.39. The molecule has 0 aromatic carbocycles. The Labute approximate surface area is 87.4 Å². The lowest BCUT2D eigenvalue weighted by Gasteiger charge is -2.31. The van der Waals surface area contributed by atoms with Crippen LogP contribution in [0.4, 0.5) is 0 Å². The molecule has 0 aromatic heterocycles. The van der Waals surface area contributed by atoms with Gasteiger partial charge >= 0.3 is 0 Å². The Bertz CT molecular complexity index is 328. The molecule has 0 radical (unpaired) electrons. The minimum absolute atomic E-state index is 0.160. The first-order valence-electron chi connectivity index (χ1n) is 4.28. The molecule has 8 nitrogen and oxygen atoms in total. The highest BCUT2D eigenvalue weighted by atomic mass is 16.6. The molecule has 0 aromatic rings. The molecule has 84 valence electrons. The Hall–Kier alpha value is -1.67. The molecule has 1 atom stereocenters. The van der Waals surface area contributed by atoms with Crippen LogP contribution in [-0.2, 0) is 4.84 Å². The van der Waals surface area contributed by atoms with Crippen molar-refractivity contribution in [3.63, 3.8) is 0 Å². The number of hydrogen-bond donors (Lipinski definition) is 4. The summed E-state index contributed by atoms with van der Waals surface area (Å²) in [6, 6.07) is 0. The maximum Gasteiger partial charge on any atom is 0.216 e. The summed E-state index contributed by atoms with van der Waals surface area (Å²) in [6.07, 6.45) is 0. The van der Waals surface area contributed by atoms with Gasteiger partial charge in [-0.2, -0.15) is 15.7 Å². The minimum atomic E-state index is -1.03. The number of hydrazone groups is 2. The van der Waals surface area contributed by atoms with E-state index in [1.54, 1.807) is 13.8 Å². The second kappa shape index (κ2) is 4.24. The van der Waals surface area contributed by atoms with Crippen molar-refractivity contribution in [2.45, 2.75) is 19.5 Å². The number of aliphatic imine (C=N–C) groups is 1. The number of nitrogens with one attached hydrogen (secondary N) is 2. The molecule has 0 aliphatic carbocycles. The van der Waals surface area contributed by atoms with E-state index in [0.717, 1.165) is 0 Å². The van der Waals surface area contributed by atoms with Gasteiger partial charge in [0.2, 0.25) is 11.6 Å². The number of hydrogen-bond acceptors (Lipinski definition) is 8. The molecular weight excluding hydrogens is 198 g/mol. The van der Waals surface area contributed by atoms with Gasteiger partial charge < -0.3 is 16.4 Å². The molecular formula is C7H15N7O. The van der Waals surface area contributed by atoms with E-state index in [-0.39, 0.29) is 5.96 Å². The Morgan fingerprint density at radius 2 is 2.33 bits per heavy atom. The van der Waals surface area contributed by atoms with Gasteiger partial charge in [-0.3, -0.25) is 0 Å². The molecule has 0 unspecified atom stereocenters. The van der Waals surface area contributed by atoms with Crippen LogP contribution in [0.5, 0.6) is 0 Å². The predicted octanol–water partition coefficient (Wildman–Crippen LogP) is -1.54. The second-order valence-electron chi connectivity index (χ2n) is 3.04. The highest BCUT2D eigenvalue weighted by Gasteiger charge is 2.39.